The highest BCUT2D eigenvalue weighted by atomic mass is 79.9. The molecule has 0 aliphatic rings. The number of para-hydroxylation sites is 1. The smallest absolute Gasteiger partial charge is 0.273 e. The number of nitrogens with one attached hydrogen (secondary N) is 1. The van der Waals surface area contributed by atoms with Gasteiger partial charge < -0.3 is 4.74 Å². The Morgan fingerprint density at radius 2 is 2.16 bits per heavy atom. The van der Waals surface area contributed by atoms with Gasteiger partial charge in [-0.05, 0) is 33.6 Å². The quantitative estimate of drug-likeness (QED) is 0.433. The lowest BCUT2D eigenvalue weighted by Gasteiger charge is -2.06. The molecule has 130 valence electrons. The molecule has 0 unspecified atom stereocenters. The summed E-state index contributed by atoms with van der Waals surface area (Å²) in [6.45, 7) is 0. The lowest BCUT2D eigenvalue weighted by Crippen LogP contribution is -2.20. The fourth-order valence-corrected chi connectivity index (χ4v) is 3.14. The van der Waals surface area contributed by atoms with Crippen molar-refractivity contribution in [3.05, 3.63) is 67.1 Å². The minimum atomic E-state index is -0.525. The molecule has 2 aromatic carbocycles. The van der Waals surface area contributed by atoms with Crippen molar-refractivity contribution < 1.29 is 14.5 Å². The number of carbonyl (C=O) groups excluding carboxylic acids is 1. The molecule has 1 N–H and O–H groups in total. The third kappa shape index (κ3) is 5.01. The summed E-state index contributed by atoms with van der Waals surface area (Å²) in [5, 5.41) is 15.2. The zero-order chi connectivity index (χ0) is 18.4. The largest absolute Gasteiger partial charge is 0.494 e. The van der Waals surface area contributed by atoms with Gasteiger partial charge in [0.2, 0.25) is 5.91 Å². The Hall–Kier alpha value is -2.45. The van der Waals surface area contributed by atoms with Crippen LogP contribution < -0.4 is 10.2 Å². The van der Waals surface area contributed by atoms with Gasteiger partial charge in [0.1, 0.15) is 0 Å². The highest BCUT2D eigenvalue weighted by Gasteiger charge is 2.15. The van der Waals surface area contributed by atoms with Crippen molar-refractivity contribution >= 4 is 45.3 Å². The number of rotatable bonds is 6. The van der Waals surface area contributed by atoms with Crippen molar-refractivity contribution in [1.29, 1.82) is 0 Å². The summed E-state index contributed by atoms with van der Waals surface area (Å²) in [5.41, 5.74) is 3.18. The Morgan fingerprint density at radius 1 is 1.44 bits per heavy atom. The number of nitro groups is 1. The van der Waals surface area contributed by atoms with E-state index in [0.717, 1.165) is 0 Å². The average Bonchev–Trinajstić information content (AvgIpc) is 2.55. The van der Waals surface area contributed by atoms with Crippen molar-refractivity contribution in [3.8, 4) is 5.75 Å². The van der Waals surface area contributed by atoms with Crippen LogP contribution in [0.1, 0.15) is 11.1 Å². The molecule has 2 aromatic rings. The molecule has 25 heavy (non-hydrogen) atoms. The number of hydrazone groups is 1. The van der Waals surface area contributed by atoms with Gasteiger partial charge >= 0.3 is 0 Å². The van der Waals surface area contributed by atoms with Gasteiger partial charge in [0.05, 0.1) is 34.2 Å². The number of methoxy groups -OCH3 is 1. The zero-order valence-corrected chi connectivity index (χ0v) is 15.4. The SMILES string of the molecule is COc1c(Cl)cc(/C=N/NC(=O)Cc2ccccc2[N+](=O)[O-])cc1Br. The first-order valence-electron chi connectivity index (χ1n) is 6.99. The summed E-state index contributed by atoms with van der Waals surface area (Å²) in [4.78, 5) is 22.3. The maximum absolute atomic E-state index is 11.9. The van der Waals surface area contributed by atoms with Crippen LogP contribution >= 0.6 is 27.5 Å². The maximum atomic E-state index is 11.9. The molecule has 9 heteroatoms. The summed E-state index contributed by atoms with van der Waals surface area (Å²) < 4.78 is 5.77. The van der Waals surface area contributed by atoms with Gasteiger partial charge in [-0.25, -0.2) is 5.43 Å². The topological polar surface area (TPSA) is 93.8 Å². The highest BCUT2D eigenvalue weighted by molar-refractivity contribution is 9.10. The fraction of sp³-hybridized carbons (Fsp3) is 0.125. The van der Waals surface area contributed by atoms with Crippen LogP contribution in [0.2, 0.25) is 5.02 Å². The molecule has 0 radical (unpaired) electrons. The predicted octanol–water partition coefficient (Wildman–Crippen LogP) is 3.71. The van der Waals surface area contributed by atoms with Crippen LogP contribution in [0.4, 0.5) is 5.69 Å². The van der Waals surface area contributed by atoms with Crippen LogP contribution in [0.3, 0.4) is 0 Å². The van der Waals surface area contributed by atoms with Gasteiger partial charge in [-0.1, -0.05) is 29.8 Å². The van der Waals surface area contributed by atoms with E-state index in [-0.39, 0.29) is 12.1 Å². The van der Waals surface area contributed by atoms with E-state index < -0.39 is 10.8 Å². The normalized spacial score (nSPS) is 10.7. The average molecular weight is 427 g/mol. The molecule has 0 saturated carbocycles. The molecular formula is C16H13BrClN3O4. The third-order valence-electron chi connectivity index (χ3n) is 3.17. The van der Waals surface area contributed by atoms with Gasteiger partial charge in [0.25, 0.3) is 5.69 Å². The van der Waals surface area contributed by atoms with Crippen LogP contribution in [-0.2, 0) is 11.2 Å². The maximum Gasteiger partial charge on any atom is 0.273 e. The van der Waals surface area contributed by atoms with Crippen molar-refractivity contribution in [2.75, 3.05) is 7.11 Å². The Kier molecular flexibility index (Phi) is 6.49. The Balaban J connectivity index is 2.03. The molecule has 0 aromatic heterocycles. The zero-order valence-electron chi connectivity index (χ0n) is 13.0. The molecular weight excluding hydrogens is 414 g/mol. The van der Waals surface area contributed by atoms with Gasteiger partial charge in [-0.15, -0.1) is 0 Å². The van der Waals surface area contributed by atoms with Crippen LogP contribution in [-0.4, -0.2) is 24.2 Å². The molecule has 0 fully saturated rings. The Morgan fingerprint density at radius 3 is 2.80 bits per heavy atom. The third-order valence-corrected chi connectivity index (χ3v) is 4.04. The molecule has 1 amide bonds. The van der Waals surface area contributed by atoms with Crippen molar-refractivity contribution in [2.24, 2.45) is 5.10 Å². The van der Waals surface area contributed by atoms with E-state index >= 15 is 0 Å². The van der Waals surface area contributed by atoms with Crippen molar-refractivity contribution in [3.63, 3.8) is 0 Å². The standard InChI is InChI=1S/C16H13BrClN3O4/c1-25-16-12(17)6-10(7-13(16)18)9-19-20-15(22)8-11-4-2-3-5-14(11)21(23)24/h2-7,9H,8H2,1H3,(H,20,22)/b19-9+. The molecule has 0 aliphatic heterocycles. The summed E-state index contributed by atoms with van der Waals surface area (Å²) in [5.74, 6) is 0.0310. The minimum Gasteiger partial charge on any atom is -0.494 e. The van der Waals surface area contributed by atoms with Crippen molar-refractivity contribution in [1.82, 2.24) is 5.43 Å². The molecule has 0 saturated heterocycles. The van der Waals surface area contributed by atoms with Gasteiger partial charge in [-0.3, -0.25) is 14.9 Å². The van der Waals surface area contributed by atoms with E-state index in [4.69, 9.17) is 16.3 Å². The summed E-state index contributed by atoms with van der Waals surface area (Å²) >= 11 is 9.39. The van der Waals surface area contributed by atoms with Crippen LogP contribution in [0.25, 0.3) is 0 Å². The van der Waals surface area contributed by atoms with E-state index in [0.29, 0.717) is 26.4 Å². The predicted molar refractivity (Wildman–Crippen MR) is 98.2 cm³/mol. The molecule has 0 heterocycles. The Bertz CT molecular complexity index is 819. The summed E-state index contributed by atoms with van der Waals surface area (Å²) in [6.07, 6.45) is 1.26. The number of hydrogen-bond acceptors (Lipinski definition) is 5. The first-order valence-corrected chi connectivity index (χ1v) is 8.16. The highest BCUT2D eigenvalue weighted by Crippen LogP contribution is 2.33. The number of hydrogen-bond donors (Lipinski definition) is 1. The second kappa shape index (κ2) is 8.59. The first kappa shape index (κ1) is 18.9. The number of benzene rings is 2. The van der Waals surface area contributed by atoms with Gasteiger partial charge in [0.15, 0.2) is 5.75 Å². The minimum absolute atomic E-state index is 0.104. The molecule has 0 spiro atoms. The van der Waals surface area contributed by atoms with Crippen molar-refractivity contribution in [2.45, 2.75) is 6.42 Å². The monoisotopic (exact) mass is 425 g/mol. The number of ether oxygens (including phenoxy) is 1. The van der Waals surface area contributed by atoms with Gasteiger partial charge in [-0.2, -0.15) is 5.10 Å². The molecule has 0 bridgehead atoms. The molecule has 0 atom stereocenters. The van der Waals surface area contributed by atoms with E-state index in [1.54, 1.807) is 24.3 Å². The van der Waals surface area contributed by atoms with E-state index in [2.05, 4.69) is 26.5 Å². The van der Waals surface area contributed by atoms with Gasteiger partial charge in [0, 0.05) is 11.6 Å². The first-order chi connectivity index (χ1) is 11.9. The fourth-order valence-electron chi connectivity index (χ4n) is 2.08. The van der Waals surface area contributed by atoms with E-state index in [1.807, 2.05) is 0 Å². The summed E-state index contributed by atoms with van der Waals surface area (Å²) in [7, 11) is 1.50. The molecule has 0 aliphatic carbocycles. The Labute approximate surface area is 156 Å². The van der Waals surface area contributed by atoms with Crippen LogP contribution in [0.15, 0.2) is 46.0 Å². The lowest BCUT2D eigenvalue weighted by molar-refractivity contribution is -0.385. The van der Waals surface area contributed by atoms with E-state index in [1.165, 1.54) is 25.5 Å². The number of amides is 1. The lowest BCUT2D eigenvalue weighted by atomic mass is 10.1. The second-order valence-electron chi connectivity index (χ2n) is 4.87. The molecule has 2 rings (SSSR count). The number of nitro benzene ring substituents is 1. The summed E-state index contributed by atoms with van der Waals surface area (Å²) in [6, 6.07) is 9.41. The van der Waals surface area contributed by atoms with Crippen LogP contribution in [0.5, 0.6) is 5.75 Å². The second-order valence-corrected chi connectivity index (χ2v) is 6.14. The number of carbonyl (C=O) groups is 1. The molecule has 7 nitrogen and oxygen atoms in total. The number of nitrogens with zero attached hydrogens (tertiary/aromatic N) is 2. The van der Waals surface area contributed by atoms with E-state index in [9.17, 15) is 14.9 Å². The number of halogens is 2. The van der Waals surface area contributed by atoms with Crippen LogP contribution in [0, 0.1) is 10.1 Å².